The predicted molar refractivity (Wildman–Crippen MR) is 97.8 cm³/mol. The topological polar surface area (TPSA) is 46.9 Å². The van der Waals surface area contributed by atoms with Gasteiger partial charge < -0.3 is 20.0 Å². The average molecular weight is 328 g/mol. The highest BCUT2D eigenvalue weighted by molar-refractivity contribution is 5.18. The van der Waals surface area contributed by atoms with Crippen LogP contribution < -0.4 is 0 Å². The fraction of sp³-hybridized carbons (Fsp3) is 0.400. The highest BCUT2D eigenvalue weighted by atomic mass is 16.3. The molecule has 0 aromatic heterocycles. The summed E-state index contributed by atoms with van der Waals surface area (Å²) in [4.78, 5) is 4.23. The van der Waals surface area contributed by atoms with Crippen molar-refractivity contribution in [1.29, 1.82) is 0 Å². The monoisotopic (exact) mass is 328 g/mol. The van der Waals surface area contributed by atoms with Crippen molar-refractivity contribution < 1.29 is 10.2 Å². The number of aliphatic hydroxyl groups excluding tert-OH is 2. The maximum atomic E-state index is 10.3. The molecule has 0 bridgehead atoms. The first kappa shape index (κ1) is 18.6. The number of hydrogen-bond acceptors (Lipinski definition) is 4. The van der Waals surface area contributed by atoms with Gasteiger partial charge in [0, 0.05) is 26.2 Å². The van der Waals surface area contributed by atoms with E-state index in [4.69, 9.17) is 0 Å². The highest BCUT2D eigenvalue weighted by Crippen LogP contribution is 2.14. The van der Waals surface area contributed by atoms with Gasteiger partial charge in [-0.3, -0.25) is 0 Å². The first-order valence-electron chi connectivity index (χ1n) is 8.39. The van der Waals surface area contributed by atoms with Crippen LogP contribution in [0.2, 0.25) is 0 Å². The minimum atomic E-state index is -0.476. The van der Waals surface area contributed by atoms with E-state index in [2.05, 4.69) is 9.80 Å². The number of rotatable bonds is 9. The summed E-state index contributed by atoms with van der Waals surface area (Å²) in [5, 5.41) is 20.5. The molecule has 0 aliphatic carbocycles. The summed E-state index contributed by atoms with van der Waals surface area (Å²) in [7, 11) is 4.02. The molecule has 4 heteroatoms. The lowest BCUT2D eigenvalue weighted by molar-refractivity contribution is 0.103. The molecule has 0 amide bonds. The van der Waals surface area contributed by atoms with Crippen LogP contribution in [0.25, 0.3) is 0 Å². The molecule has 0 heterocycles. The van der Waals surface area contributed by atoms with Gasteiger partial charge in [-0.1, -0.05) is 60.7 Å². The fourth-order valence-electron chi connectivity index (χ4n) is 2.68. The van der Waals surface area contributed by atoms with E-state index in [-0.39, 0.29) is 0 Å². The smallest absolute Gasteiger partial charge is 0.0916 e. The van der Waals surface area contributed by atoms with E-state index in [0.29, 0.717) is 13.1 Å². The lowest BCUT2D eigenvalue weighted by Crippen LogP contribution is -2.35. The van der Waals surface area contributed by atoms with Crippen molar-refractivity contribution in [2.24, 2.45) is 0 Å². The molecular weight excluding hydrogens is 300 g/mol. The quantitative estimate of drug-likeness (QED) is 0.742. The Kier molecular flexibility index (Phi) is 7.40. The number of hydrogen-bond donors (Lipinski definition) is 2. The molecule has 130 valence electrons. The van der Waals surface area contributed by atoms with Crippen molar-refractivity contribution >= 4 is 0 Å². The van der Waals surface area contributed by atoms with Crippen LogP contribution in [-0.2, 0) is 0 Å². The van der Waals surface area contributed by atoms with Crippen molar-refractivity contribution in [2.75, 3.05) is 40.3 Å². The first-order valence-corrected chi connectivity index (χ1v) is 8.39. The van der Waals surface area contributed by atoms with Crippen molar-refractivity contribution in [3.05, 3.63) is 71.8 Å². The van der Waals surface area contributed by atoms with Crippen LogP contribution in [0.15, 0.2) is 60.7 Å². The highest BCUT2D eigenvalue weighted by Gasteiger charge is 2.13. The molecule has 0 fully saturated rings. The van der Waals surface area contributed by atoms with Gasteiger partial charge >= 0.3 is 0 Å². The van der Waals surface area contributed by atoms with E-state index in [0.717, 1.165) is 24.2 Å². The van der Waals surface area contributed by atoms with Crippen molar-refractivity contribution in [2.45, 2.75) is 12.2 Å². The summed E-state index contributed by atoms with van der Waals surface area (Å²) in [6.07, 6.45) is -0.951. The van der Waals surface area contributed by atoms with Crippen LogP contribution in [-0.4, -0.2) is 60.3 Å². The minimum absolute atomic E-state index is 0.476. The maximum absolute atomic E-state index is 10.3. The molecule has 2 aromatic rings. The fourth-order valence-corrected chi connectivity index (χ4v) is 2.68. The predicted octanol–water partition coefficient (Wildman–Crippen LogP) is 2.32. The molecule has 0 radical (unpaired) electrons. The zero-order chi connectivity index (χ0) is 17.4. The number of benzene rings is 2. The van der Waals surface area contributed by atoms with Gasteiger partial charge in [-0.25, -0.2) is 0 Å². The molecule has 0 spiro atoms. The summed E-state index contributed by atoms with van der Waals surface area (Å²) >= 11 is 0. The van der Waals surface area contributed by atoms with Gasteiger partial charge in [-0.2, -0.15) is 0 Å². The Bertz CT molecular complexity index is 523. The van der Waals surface area contributed by atoms with Gasteiger partial charge in [0.25, 0.3) is 0 Å². The summed E-state index contributed by atoms with van der Waals surface area (Å²) in [5.41, 5.74) is 1.88. The molecule has 2 N–H and O–H groups in total. The Hall–Kier alpha value is -1.72. The van der Waals surface area contributed by atoms with Crippen molar-refractivity contribution in [1.82, 2.24) is 9.80 Å². The van der Waals surface area contributed by atoms with Crippen LogP contribution in [0, 0.1) is 0 Å². The van der Waals surface area contributed by atoms with E-state index in [1.165, 1.54) is 0 Å². The average Bonchev–Trinajstić information content (AvgIpc) is 2.61. The summed E-state index contributed by atoms with van der Waals surface area (Å²) < 4.78 is 0. The Labute approximate surface area is 145 Å². The van der Waals surface area contributed by atoms with E-state index < -0.39 is 12.2 Å². The molecule has 0 aliphatic heterocycles. The molecule has 2 aromatic carbocycles. The SMILES string of the molecule is CN(CCN(C)CC(O)c1ccccc1)CC(O)c1ccccc1. The van der Waals surface area contributed by atoms with Gasteiger partial charge in [0.15, 0.2) is 0 Å². The summed E-state index contributed by atoms with van der Waals surface area (Å²) in [5.74, 6) is 0. The third kappa shape index (κ3) is 6.06. The Balaban J connectivity index is 1.72. The second-order valence-corrected chi connectivity index (χ2v) is 6.38. The maximum Gasteiger partial charge on any atom is 0.0916 e. The molecular formula is C20H28N2O2. The van der Waals surface area contributed by atoms with Crippen molar-refractivity contribution in [3.63, 3.8) is 0 Å². The first-order chi connectivity index (χ1) is 11.6. The van der Waals surface area contributed by atoms with Crippen LogP contribution in [0.3, 0.4) is 0 Å². The Morgan fingerprint density at radius 2 is 1.00 bits per heavy atom. The van der Waals surface area contributed by atoms with Crippen LogP contribution in [0.1, 0.15) is 23.3 Å². The molecule has 0 saturated carbocycles. The summed E-state index contributed by atoms with van der Waals surface area (Å²) in [6.45, 7) is 2.86. The number of likely N-dealkylation sites (N-methyl/N-ethyl adjacent to an activating group) is 2. The van der Waals surface area contributed by atoms with E-state index in [1.807, 2.05) is 74.8 Å². The molecule has 2 rings (SSSR count). The van der Waals surface area contributed by atoms with Crippen LogP contribution in [0.4, 0.5) is 0 Å². The lowest BCUT2D eigenvalue weighted by Gasteiger charge is -2.25. The molecule has 2 atom stereocenters. The zero-order valence-electron chi connectivity index (χ0n) is 14.5. The van der Waals surface area contributed by atoms with Gasteiger partial charge in [-0.05, 0) is 25.2 Å². The third-order valence-corrected chi connectivity index (χ3v) is 4.20. The normalized spacial score (nSPS) is 14.1. The lowest BCUT2D eigenvalue weighted by atomic mass is 10.1. The standard InChI is InChI=1S/C20H28N2O2/c1-21(15-19(23)17-9-5-3-6-10-17)13-14-22(2)16-20(24)18-11-7-4-8-12-18/h3-12,19-20,23-24H,13-16H2,1-2H3. The molecule has 0 saturated heterocycles. The second kappa shape index (κ2) is 9.55. The van der Waals surface area contributed by atoms with Gasteiger partial charge in [0.2, 0.25) is 0 Å². The van der Waals surface area contributed by atoms with Crippen LogP contribution >= 0.6 is 0 Å². The molecule has 24 heavy (non-hydrogen) atoms. The third-order valence-electron chi connectivity index (χ3n) is 4.20. The largest absolute Gasteiger partial charge is 0.387 e. The molecule has 0 aliphatic rings. The molecule has 2 unspecified atom stereocenters. The summed E-state index contributed by atoms with van der Waals surface area (Å²) in [6, 6.07) is 19.5. The second-order valence-electron chi connectivity index (χ2n) is 6.38. The van der Waals surface area contributed by atoms with E-state index >= 15 is 0 Å². The van der Waals surface area contributed by atoms with Crippen LogP contribution in [0.5, 0.6) is 0 Å². The van der Waals surface area contributed by atoms with Gasteiger partial charge in [-0.15, -0.1) is 0 Å². The minimum Gasteiger partial charge on any atom is -0.387 e. The molecule has 4 nitrogen and oxygen atoms in total. The zero-order valence-corrected chi connectivity index (χ0v) is 14.5. The van der Waals surface area contributed by atoms with Crippen molar-refractivity contribution in [3.8, 4) is 0 Å². The Morgan fingerprint density at radius 1 is 0.667 bits per heavy atom. The van der Waals surface area contributed by atoms with Gasteiger partial charge in [0.05, 0.1) is 12.2 Å². The van der Waals surface area contributed by atoms with E-state index in [1.54, 1.807) is 0 Å². The van der Waals surface area contributed by atoms with Gasteiger partial charge in [0.1, 0.15) is 0 Å². The number of aliphatic hydroxyl groups is 2. The number of nitrogens with zero attached hydrogens (tertiary/aromatic N) is 2. The Morgan fingerprint density at radius 3 is 1.33 bits per heavy atom. The van der Waals surface area contributed by atoms with E-state index in [9.17, 15) is 10.2 Å².